The van der Waals surface area contributed by atoms with Crippen molar-refractivity contribution in [1.82, 2.24) is 9.99 Å². The van der Waals surface area contributed by atoms with Crippen LogP contribution in [0.15, 0.2) is 65.8 Å². The SMILES string of the molecule is Cc1ccc(C)n1-c1ccc(C(=O)N/N=C\c2ccc(OCC(=O)OC(C)C)cc2)cc1. The number of carbonyl (C=O) groups is 2. The third-order valence-electron chi connectivity index (χ3n) is 4.64. The summed E-state index contributed by atoms with van der Waals surface area (Å²) < 4.78 is 12.5. The molecule has 0 saturated carbocycles. The number of aryl methyl sites for hydroxylation is 2. The Bertz CT molecular complexity index is 1080. The second-order valence-electron chi connectivity index (χ2n) is 7.59. The molecule has 0 fully saturated rings. The largest absolute Gasteiger partial charge is 0.482 e. The van der Waals surface area contributed by atoms with Crippen molar-refractivity contribution < 1.29 is 19.1 Å². The van der Waals surface area contributed by atoms with E-state index in [1.54, 1.807) is 50.2 Å². The van der Waals surface area contributed by atoms with Gasteiger partial charge in [-0.15, -0.1) is 0 Å². The van der Waals surface area contributed by atoms with Crippen LogP contribution >= 0.6 is 0 Å². The van der Waals surface area contributed by atoms with Crippen molar-refractivity contribution in [2.24, 2.45) is 5.10 Å². The molecule has 0 bridgehead atoms. The number of nitrogens with one attached hydrogen (secondary N) is 1. The molecule has 0 aliphatic heterocycles. The molecule has 3 rings (SSSR count). The lowest BCUT2D eigenvalue weighted by Gasteiger charge is -2.10. The summed E-state index contributed by atoms with van der Waals surface area (Å²) in [6, 6.07) is 18.5. The average molecular weight is 434 g/mol. The average Bonchev–Trinajstić information content (AvgIpc) is 3.10. The van der Waals surface area contributed by atoms with Gasteiger partial charge in [-0.3, -0.25) is 4.79 Å². The van der Waals surface area contributed by atoms with Crippen molar-refractivity contribution >= 4 is 18.1 Å². The number of carbonyl (C=O) groups excluding carboxylic acids is 2. The lowest BCUT2D eigenvalue weighted by molar-refractivity contribution is -0.149. The highest BCUT2D eigenvalue weighted by molar-refractivity contribution is 5.95. The standard InChI is InChI=1S/C25H27N3O4/c1-17(2)32-24(29)16-31-23-13-7-20(8-14-23)15-26-27-25(30)21-9-11-22(12-10-21)28-18(3)5-6-19(28)4/h5-15,17H,16H2,1-4H3,(H,27,30)/b26-15-. The molecule has 0 spiro atoms. The Balaban J connectivity index is 1.52. The topological polar surface area (TPSA) is 81.9 Å². The second kappa shape index (κ2) is 10.4. The molecule has 3 aromatic rings. The maximum Gasteiger partial charge on any atom is 0.344 e. The zero-order valence-corrected chi connectivity index (χ0v) is 18.7. The summed E-state index contributed by atoms with van der Waals surface area (Å²) in [6.07, 6.45) is 1.36. The zero-order chi connectivity index (χ0) is 23.1. The molecule has 1 N–H and O–H groups in total. The molecule has 0 aliphatic rings. The zero-order valence-electron chi connectivity index (χ0n) is 18.7. The molecule has 1 amide bonds. The summed E-state index contributed by atoms with van der Waals surface area (Å²) in [6.45, 7) is 7.50. The molecule has 0 aliphatic carbocycles. The van der Waals surface area contributed by atoms with Gasteiger partial charge in [0.25, 0.3) is 5.91 Å². The highest BCUT2D eigenvalue weighted by atomic mass is 16.6. The number of hydrazone groups is 1. The van der Waals surface area contributed by atoms with Gasteiger partial charge in [-0.25, -0.2) is 10.2 Å². The fraction of sp³-hybridized carbons (Fsp3) is 0.240. The molecule has 1 aromatic heterocycles. The molecular formula is C25H27N3O4. The third-order valence-corrected chi connectivity index (χ3v) is 4.64. The monoisotopic (exact) mass is 433 g/mol. The van der Waals surface area contributed by atoms with Gasteiger partial charge in [0.05, 0.1) is 12.3 Å². The fourth-order valence-electron chi connectivity index (χ4n) is 3.16. The molecule has 0 atom stereocenters. The van der Waals surface area contributed by atoms with E-state index in [-0.39, 0.29) is 18.6 Å². The molecule has 166 valence electrons. The Morgan fingerprint density at radius 2 is 1.59 bits per heavy atom. The quantitative estimate of drug-likeness (QED) is 0.328. The summed E-state index contributed by atoms with van der Waals surface area (Å²) in [5.41, 5.74) is 7.10. The van der Waals surface area contributed by atoms with Gasteiger partial charge in [-0.1, -0.05) is 0 Å². The van der Waals surface area contributed by atoms with Crippen LogP contribution in [0.25, 0.3) is 5.69 Å². The maximum absolute atomic E-state index is 12.4. The number of aromatic nitrogens is 1. The van der Waals surface area contributed by atoms with Crippen LogP contribution in [-0.4, -0.2) is 35.4 Å². The van der Waals surface area contributed by atoms with Crippen molar-refractivity contribution in [1.29, 1.82) is 0 Å². The van der Waals surface area contributed by atoms with Crippen molar-refractivity contribution in [3.8, 4) is 11.4 Å². The predicted octanol–water partition coefficient (Wildman–Crippen LogP) is 4.19. The predicted molar refractivity (Wildman–Crippen MR) is 123 cm³/mol. The first kappa shape index (κ1) is 22.8. The van der Waals surface area contributed by atoms with Crippen LogP contribution in [0.3, 0.4) is 0 Å². The highest BCUT2D eigenvalue weighted by Crippen LogP contribution is 2.17. The highest BCUT2D eigenvalue weighted by Gasteiger charge is 2.08. The minimum atomic E-state index is -0.417. The third kappa shape index (κ3) is 6.07. The van der Waals surface area contributed by atoms with E-state index in [0.29, 0.717) is 11.3 Å². The van der Waals surface area contributed by atoms with E-state index in [0.717, 1.165) is 22.6 Å². The smallest absolute Gasteiger partial charge is 0.344 e. The van der Waals surface area contributed by atoms with Crippen LogP contribution in [0.1, 0.15) is 41.2 Å². The lowest BCUT2D eigenvalue weighted by atomic mass is 10.2. The maximum atomic E-state index is 12.4. The van der Waals surface area contributed by atoms with Crippen LogP contribution in [-0.2, 0) is 9.53 Å². The summed E-state index contributed by atoms with van der Waals surface area (Å²) >= 11 is 0. The Labute approximate surface area is 187 Å². The van der Waals surface area contributed by atoms with Crippen LogP contribution in [0.4, 0.5) is 0 Å². The van der Waals surface area contributed by atoms with Crippen molar-refractivity contribution in [3.05, 3.63) is 83.2 Å². The van der Waals surface area contributed by atoms with E-state index in [1.807, 2.05) is 26.0 Å². The molecule has 32 heavy (non-hydrogen) atoms. The van der Waals surface area contributed by atoms with Gasteiger partial charge in [0, 0.05) is 22.6 Å². The number of esters is 1. The number of hydrogen-bond acceptors (Lipinski definition) is 5. The van der Waals surface area contributed by atoms with Crippen LogP contribution in [0.5, 0.6) is 5.75 Å². The van der Waals surface area contributed by atoms with Crippen LogP contribution in [0, 0.1) is 13.8 Å². The Morgan fingerprint density at radius 3 is 2.19 bits per heavy atom. The molecular weight excluding hydrogens is 406 g/mol. The van der Waals surface area contributed by atoms with Gasteiger partial charge >= 0.3 is 5.97 Å². The number of benzene rings is 2. The van der Waals surface area contributed by atoms with Crippen LogP contribution in [0.2, 0.25) is 0 Å². The molecule has 0 unspecified atom stereocenters. The first-order valence-corrected chi connectivity index (χ1v) is 10.3. The first-order chi connectivity index (χ1) is 15.3. The van der Waals surface area contributed by atoms with Gasteiger partial charge < -0.3 is 14.0 Å². The molecule has 7 heteroatoms. The molecule has 0 radical (unpaired) electrons. The number of hydrogen-bond donors (Lipinski definition) is 1. The normalized spacial score (nSPS) is 11.0. The van der Waals surface area contributed by atoms with Gasteiger partial charge in [0.15, 0.2) is 6.61 Å². The van der Waals surface area contributed by atoms with Gasteiger partial charge in [-0.05, 0) is 93.9 Å². The molecule has 0 saturated heterocycles. The summed E-state index contributed by atoms with van der Waals surface area (Å²) in [7, 11) is 0. The molecule has 1 heterocycles. The first-order valence-electron chi connectivity index (χ1n) is 10.3. The second-order valence-corrected chi connectivity index (χ2v) is 7.59. The van der Waals surface area contributed by atoms with E-state index in [4.69, 9.17) is 9.47 Å². The summed E-state index contributed by atoms with van der Waals surface area (Å²) in [4.78, 5) is 23.9. The number of rotatable bonds is 8. The van der Waals surface area contributed by atoms with E-state index in [2.05, 4.69) is 27.2 Å². The van der Waals surface area contributed by atoms with Crippen LogP contribution < -0.4 is 10.2 Å². The van der Waals surface area contributed by atoms with Crippen molar-refractivity contribution in [3.63, 3.8) is 0 Å². The number of amides is 1. The van der Waals surface area contributed by atoms with Crippen molar-refractivity contribution in [2.75, 3.05) is 6.61 Å². The van der Waals surface area contributed by atoms with Gasteiger partial charge in [-0.2, -0.15) is 5.10 Å². The van der Waals surface area contributed by atoms with Crippen molar-refractivity contribution in [2.45, 2.75) is 33.8 Å². The Kier molecular flexibility index (Phi) is 7.44. The Morgan fingerprint density at radius 1 is 0.969 bits per heavy atom. The molecule has 7 nitrogen and oxygen atoms in total. The van der Waals surface area contributed by atoms with E-state index < -0.39 is 5.97 Å². The number of ether oxygens (including phenoxy) is 2. The Hall–Kier alpha value is -3.87. The summed E-state index contributed by atoms with van der Waals surface area (Å²) in [5, 5.41) is 4.01. The summed E-state index contributed by atoms with van der Waals surface area (Å²) in [5.74, 6) is -0.169. The lowest BCUT2D eigenvalue weighted by Crippen LogP contribution is -2.18. The van der Waals surface area contributed by atoms with Gasteiger partial charge in [0.2, 0.25) is 0 Å². The van der Waals surface area contributed by atoms with E-state index in [1.165, 1.54) is 6.21 Å². The minimum Gasteiger partial charge on any atom is -0.482 e. The fourth-order valence-corrected chi connectivity index (χ4v) is 3.16. The van der Waals surface area contributed by atoms with Gasteiger partial charge in [0.1, 0.15) is 5.75 Å². The number of nitrogens with zero attached hydrogens (tertiary/aromatic N) is 2. The van der Waals surface area contributed by atoms with E-state index >= 15 is 0 Å². The molecule has 2 aromatic carbocycles. The van der Waals surface area contributed by atoms with E-state index in [9.17, 15) is 9.59 Å². The minimum absolute atomic E-state index is 0.149.